The molecule has 0 aliphatic rings. The lowest BCUT2D eigenvalue weighted by molar-refractivity contribution is -0.116. The van der Waals surface area contributed by atoms with Gasteiger partial charge in [-0.1, -0.05) is 59.8 Å². The summed E-state index contributed by atoms with van der Waals surface area (Å²) in [7, 11) is 0. The van der Waals surface area contributed by atoms with Crippen LogP contribution in [-0.2, 0) is 11.3 Å². The van der Waals surface area contributed by atoms with Crippen LogP contribution in [0.2, 0.25) is 0 Å². The summed E-state index contributed by atoms with van der Waals surface area (Å²) in [6.07, 6.45) is 1.84. The predicted molar refractivity (Wildman–Crippen MR) is 106 cm³/mol. The molecule has 0 atom stereocenters. The van der Waals surface area contributed by atoms with Crippen molar-refractivity contribution in [3.8, 4) is 11.3 Å². The first kappa shape index (κ1) is 17.9. The molecule has 1 aromatic heterocycles. The lowest BCUT2D eigenvalue weighted by Crippen LogP contribution is -2.29. The summed E-state index contributed by atoms with van der Waals surface area (Å²) in [5.74, 6) is -0.263. The van der Waals surface area contributed by atoms with E-state index in [9.17, 15) is 9.59 Å². The van der Waals surface area contributed by atoms with Gasteiger partial charge in [0, 0.05) is 17.3 Å². The number of nitrogens with one attached hydrogen (secondary N) is 1. The Labute approximate surface area is 156 Å². The Hall–Kier alpha value is -2.86. The zero-order valence-electron chi connectivity index (χ0n) is 14.6. The highest BCUT2D eigenvalue weighted by Gasteiger charge is 2.13. The molecule has 0 bridgehead atoms. The smallest absolute Gasteiger partial charge is 0.255 e. The second-order valence-electron chi connectivity index (χ2n) is 5.83. The molecule has 3 aromatic rings. The van der Waals surface area contributed by atoms with Crippen molar-refractivity contribution in [1.82, 2.24) is 9.55 Å². The number of aryl methyl sites for hydroxylation is 1. The first-order valence-corrected chi connectivity index (χ1v) is 9.37. The maximum Gasteiger partial charge on any atom is 0.255 e. The highest BCUT2D eigenvalue weighted by Crippen LogP contribution is 2.19. The third kappa shape index (κ3) is 4.21. The Morgan fingerprint density at radius 3 is 2.46 bits per heavy atom. The van der Waals surface area contributed by atoms with E-state index in [1.54, 1.807) is 0 Å². The molecule has 0 radical (unpaired) electrons. The van der Waals surface area contributed by atoms with Gasteiger partial charge in [-0.25, -0.2) is 4.98 Å². The van der Waals surface area contributed by atoms with Gasteiger partial charge in [0.2, 0.25) is 5.91 Å². The topological polar surface area (TPSA) is 64.0 Å². The van der Waals surface area contributed by atoms with Crippen LogP contribution >= 0.6 is 11.8 Å². The molecule has 0 fully saturated rings. The van der Waals surface area contributed by atoms with Crippen molar-refractivity contribution in [2.45, 2.75) is 18.6 Å². The number of hydrogen-bond acceptors (Lipinski definition) is 4. The fraction of sp³-hybridized carbons (Fsp3) is 0.150. The molecule has 1 N–H and O–H groups in total. The molecule has 0 saturated heterocycles. The van der Waals surface area contributed by atoms with E-state index in [2.05, 4.69) is 10.3 Å². The van der Waals surface area contributed by atoms with Crippen LogP contribution in [0, 0.1) is 6.92 Å². The summed E-state index contributed by atoms with van der Waals surface area (Å²) >= 11 is 1.34. The minimum atomic E-state index is -0.263. The molecular formula is C20H19N3O2S. The minimum Gasteiger partial charge on any atom is -0.325 e. The van der Waals surface area contributed by atoms with Crippen LogP contribution in [0.4, 0.5) is 5.69 Å². The summed E-state index contributed by atoms with van der Waals surface area (Å²) in [5.41, 5.74) is 3.05. The van der Waals surface area contributed by atoms with Crippen LogP contribution in [0.25, 0.3) is 11.3 Å². The van der Waals surface area contributed by atoms with E-state index in [0.29, 0.717) is 16.5 Å². The van der Waals surface area contributed by atoms with Gasteiger partial charge >= 0.3 is 0 Å². The quantitative estimate of drug-likeness (QED) is 0.554. The van der Waals surface area contributed by atoms with Crippen LogP contribution < -0.4 is 10.9 Å². The zero-order chi connectivity index (χ0) is 18.5. The lowest BCUT2D eigenvalue weighted by atomic mass is 10.1. The van der Waals surface area contributed by atoms with Crippen LogP contribution in [0.15, 0.2) is 70.6 Å². The van der Waals surface area contributed by atoms with Crippen molar-refractivity contribution in [3.05, 3.63) is 76.6 Å². The summed E-state index contributed by atoms with van der Waals surface area (Å²) in [6, 6.07) is 18.5. The number of carbonyl (C=O) groups excluding carboxylic acids is 1. The second-order valence-corrected chi connectivity index (χ2v) is 6.61. The number of benzene rings is 2. The molecule has 132 valence electrons. The molecule has 0 saturated carbocycles. The van der Waals surface area contributed by atoms with Crippen molar-refractivity contribution in [1.29, 1.82) is 0 Å². The standard InChI is InChI=1S/C20H19N3O2S/c1-14-8-10-16(11-9-14)21-18(24)13-23-19(25)12-17(22-20(23)26-2)15-6-4-3-5-7-15/h3-12H,13H2,1-2H3,(H,21,24). The normalized spacial score (nSPS) is 10.5. The Kier molecular flexibility index (Phi) is 5.53. The predicted octanol–water partition coefficient (Wildman–Crippen LogP) is 3.58. The molecular weight excluding hydrogens is 346 g/mol. The van der Waals surface area contributed by atoms with Crippen molar-refractivity contribution in [3.63, 3.8) is 0 Å². The molecule has 1 amide bonds. The van der Waals surface area contributed by atoms with E-state index < -0.39 is 0 Å². The maximum atomic E-state index is 12.6. The maximum absolute atomic E-state index is 12.6. The summed E-state index contributed by atoms with van der Waals surface area (Å²) in [5, 5.41) is 3.32. The number of nitrogens with zero attached hydrogens (tertiary/aromatic N) is 2. The van der Waals surface area contributed by atoms with Crippen LogP contribution in [0.5, 0.6) is 0 Å². The van der Waals surface area contributed by atoms with Crippen molar-refractivity contribution < 1.29 is 4.79 Å². The number of aromatic nitrogens is 2. The van der Waals surface area contributed by atoms with Crippen LogP contribution in [0.1, 0.15) is 5.56 Å². The minimum absolute atomic E-state index is 0.0784. The molecule has 6 heteroatoms. The molecule has 0 unspecified atom stereocenters. The fourth-order valence-electron chi connectivity index (χ4n) is 2.52. The van der Waals surface area contributed by atoms with Gasteiger partial charge in [-0.05, 0) is 25.3 Å². The number of amides is 1. The Balaban J connectivity index is 1.84. The van der Waals surface area contributed by atoms with Gasteiger partial charge in [-0.15, -0.1) is 0 Å². The monoisotopic (exact) mass is 365 g/mol. The van der Waals surface area contributed by atoms with E-state index in [1.807, 2.05) is 67.8 Å². The number of rotatable bonds is 5. The summed E-state index contributed by atoms with van der Waals surface area (Å²) in [4.78, 5) is 29.4. The number of anilines is 1. The Morgan fingerprint density at radius 1 is 1.12 bits per heavy atom. The van der Waals surface area contributed by atoms with E-state index in [1.165, 1.54) is 22.4 Å². The fourth-order valence-corrected chi connectivity index (χ4v) is 3.09. The third-order valence-electron chi connectivity index (χ3n) is 3.86. The highest BCUT2D eigenvalue weighted by atomic mass is 32.2. The molecule has 0 aliphatic heterocycles. The highest BCUT2D eigenvalue weighted by molar-refractivity contribution is 7.98. The van der Waals surface area contributed by atoms with Crippen LogP contribution in [0.3, 0.4) is 0 Å². The average Bonchev–Trinajstić information content (AvgIpc) is 2.65. The molecule has 2 aromatic carbocycles. The van der Waals surface area contributed by atoms with E-state index >= 15 is 0 Å². The van der Waals surface area contributed by atoms with Gasteiger partial charge in [0.25, 0.3) is 5.56 Å². The van der Waals surface area contributed by atoms with Gasteiger partial charge in [0.15, 0.2) is 5.16 Å². The first-order valence-electron chi connectivity index (χ1n) is 8.14. The van der Waals surface area contributed by atoms with Gasteiger partial charge in [-0.2, -0.15) is 0 Å². The van der Waals surface area contributed by atoms with Crippen molar-refractivity contribution in [2.75, 3.05) is 11.6 Å². The van der Waals surface area contributed by atoms with Crippen molar-refractivity contribution >= 4 is 23.4 Å². The van der Waals surface area contributed by atoms with Gasteiger partial charge < -0.3 is 5.32 Å². The largest absolute Gasteiger partial charge is 0.325 e. The summed E-state index contributed by atoms with van der Waals surface area (Å²) in [6.45, 7) is 1.90. The average molecular weight is 365 g/mol. The van der Waals surface area contributed by atoms with E-state index in [0.717, 1.165) is 11.1 Å². The lowest BCUT2D eigenvalue weighted by Gasteiger charge is -2.12. The summed E-state index contributed by atoms with van der Waals surface area (Å²) < 4.78 is 1.39. The second kappa shape index (κ2) is 8.01. The van der Waals surface area contributed by atoms with Crippen molar-refractivity contribution in [2.24, 2.45) is 0 Å². The van der Waals surface area contributed by atoms with E-state index in [-0.39, 0.29) is 18.0 Å². The van der Waals surface area contributed by atoms with Gasteiger partial charge in [0.1, 0.15) is 6.54 Å². The number of carbonyl (C=O) groups is 1. The molecule has 1 heterocycles. The molecule has 5 nitrogen and oxygen atoms in total. The van der Waals surface area contributed by atoms with E-state index in [4.69, 9.17) is 0 Å². The van der Waals surface area contributed by atoms with Gasteiger partial charge in [0.05, 0.1) is 5.69 Å². The Bertz CT molecular complexity index is 967. The molecule has 3 rings (SSSR count). The number of thioether (sulfide) groups is 1. The SMILES string of the molecule is CSc1nc(-c2ccccc2)cc(=O)n1CC(=O)Nc1ccc(C)cc1. The molecule has 26 heavy (non-hydrogen) atoms. The van der Waals surface area contributed by atoms with Crippen LogP contribution in [-0.4, -0.2) is 21.7 Å². The number of hydrogen-bond donors (Lipinski definition) is 1. The zero-order valence-corrected chi connectivity index (χ0v) is 15.4. The van der Waals surface area contributed by atoms with Gasteiger partial charge in [-0.3, -0.25) is 14.2 Å². The molecule has 0 aliphatic carbocycles. The first-order chi connectivity index (χ1) is 12.6. The Morgan fingerprint density at radius 2 is 1.81 bits per heavy atom. The molecule has 0 spiro atoms. The third-order valence-corrected chi connectivity index (χ3v) is 4.54.